The van der Waals surface area contributed by atoms with Gasteiger partial charge in [0.05, 0.1) is 0 Å². The van der Waals surface area contributed by atoms with Gasteiger partial charge in [0, 0.05) is 37.8 Å². The lowest BCUT2D eigenvalue weighted by Gasteiger charge is -2.37. The van der Waals surface area contributed by atoms with Gasteiger partial charge in [0.15, 0.2) is 0 Å². The zero-order chi connectivity index (χ0) is 22.9. The average molecular weight is 413 g/mol. The summed E-state index contributed by atoms with van der Waals surface area (Å²) in [5.41, 5.74) is 3.24. The maximum atomic E-state index is 12.6. The molecule has 3 rings (SSSR count). The minimum absolute atomic E-state index is 0.152. The minimum Gasteiger partial charge on any atom is -0.331 e. The highest BCUT2D eigenvalue weighted by Crippen LogP contribution is 2.27. The van der Waals surface area contributed by atoms with Crippen LogP contribution in [0.4, 0.5) is 0 Å². The number of likely N-dealkylation sites (tertiary alicyclic amines) is 1. The average Bonchev–Trinajstić information content (AvgIpc) is 3.14. The first-order chi connectivity index (χ1) is 14.7. The van der Waals surface area contributed by atoms with Gasteiger partial charge in [-0.15, -0.1) is 0 Å². The largest absolute Gasteiger partial charge is 0.331 e. The summed E-state index contributed by atoms with van der Waals surface area (Å²) in [6.07, 6.45) is 7.85. The molecule has 3 nitrogen and oxygen atoms in total. The van der Waals surface area contributed by atoms with Gasteiger partial charge in [-0.3, -0.25) is 9.69 Å². The highest BCUT2D eigenvalue weighted by Gasteiger charge is 2.34. The number of hydrogen-bond donors (Lipinski definition) is 0. The van der Waals surface area contributed by atoms with Gasteiger partial charge in [0.1, 0.15) is 0 Å². The maximum Gasteiger partial charge on any atom is 0.254 e. The Morgan fingerprint density at radius 1 is 1.00 bits per heavy atom. The zero-order valence-corrected chi connectivity index (χ0v) is 20.4. The number of nitrogens with zero attached hydrogens (tertiary/aromatic N) is 2. The van der Waals surface area contributed by atoms with Crippen molar-refractivity contribution in [1.82, 2.24) is 9.80 Å². The van der Waals surface area contributed by atoms with Crippen molar-refractivity contribution in [1.29, 1.82) is 0 Å². The Balaban J connectivity index is 0.00000129. The van der Waals surface area contributed by atoms with Gasteiger partial charge in [-0.25, -0.2) is 0 Å². The fourth-order valence-corrected chi connectivity index (χ4v) is 3.72. The summed E-state index contributed by atoms with van der Waals surface area (Å²) >= 11 is 0. The van der Waals surface area contributed by atoms with E-state index < -0.39 is 0 Å². The van der Waals surface area contributed by atoms with Gasteiger partial charge in [-0.05, 0) is 30.9 Å². The minimum atomic E-state index is 0.152. The lowest BCUT2D eigenvalue weighted by Crippen LogP contribution is -2.45. The summed E-state index contributed by atoms with van der Waals surface area (Å²) in [5.74, 6) is 0.152. The number of carbonyl (C=O) groups is 1. The predicted molar refractivity (Wildman–Crippen MR) is 133 cm³/mol. The molecular weight excluding hydrogens is 368 g/mol. The Morgan fingerprint density at radius 3 is 2.07 bits per heavy atom. The second-order valence-corrected chi connectivity index (χ2v) is 6.57. The first-order valence-corrected chi connectivity index (χ1v) is 11.8. The highest BCUT2D eigenvalue weighted by atomic mass is 16.2. The molecule has 0 N–H and O–H groups in total. The zero-order valence-electron chi connectivity index (χ0n) is 20.4. The van der Waals surface area contributed by atoms with Crippen LogP contribution in [0.2, 0.25) is 0 Å². The third-order valence-corrected chi connectivity index (χ3v) is 5.00. The molecule has 3 heteroatoms. The number of benzene rings is 1. The maximum absolute atomic E-state index is 12.6. The second-order valence-electron chi connectivity index (χ2n) is 6.57. The van der Waals surface area contributed by atoms with Crippen LogP contribution < -0.4 is 0 Å². The van der Waals surface area contributed by atoms with Crippen LogP contribution in [0, 0.1) is 0 Å². The van der Waals surface area contributed by atoms with Gasteiger partial charge in [0.25, 0.3) is 5.91 Å². The van der Waals surface area contributed by atoms with Crippen molar-refractivity contribution >= 4 is 5.91 Å². The van der Waals surface area contributed by atoms with Crippen LogP contribution in [0.15, 0.2) is 66.3 Å². The van der Waals surface area contributed by atoms with Crippen LogP contribution in [0.3, 0.4) is 0 Å². The molecule has 0 aromatic heterocycles. The van der Waals surface area contributed by atoms with E-state index in [1.165, 1.54) is 5.56 Å². The smallest absolute Gasteiger partial charge is 0.254 e. The molecule has 0 saturated carbocycles. The third kappa shape index (κ3) is 7.95. The van der Waals surface area contributed by atoms with E-state index in [9.17, 15) is 4.79 Å². The summed E-state index contributed by atoms with van der Waals surface area (Å²) in [6.45, 7) is 21.6. The van der Waals surface area contributed by atoms with Crippen molar-refractivity contribution < 1.29 is 4.79 Å². The molecule has 0 unspecified atom stereocenters. The van der Waals surface area contributed by atoms with Crippen molar-refractivity contribution in [3.8, 4) is 0 Å². The van der Waals surface area contributed by atoms with Crippen LogP contribution in [0.1, 0.15) is 66.9 Å². The molecule has 1 aromatic rings. The third-order valence-electron chi connectivity index (χ3n) is 5.00. The van der Waals surface area contributed by atoms with Crippen LogP contribution in [0.25, 0.3) is 0 Å². The van der Waals surface area contributed by atoms with E-state index in [0.29, 0.717) is 6.04 Å². The predicted octanol–water partition coefficient (Wildman–Crippen LogP) is 6.63. The summed E-state index contributed by atoms with van der Waals surface area (Å²) in [5, 5.41) is 0. The number of allylic oxidation sites excluding steroid dienone is 1. The highest BCUT2D eigenvalue weighted by molar-refractivity contribution is 6.00. The molecule has 0 spiro atoms. The van der Waals surface area contributed by atoms with Crippen LogP contribution in [0.5, 0.6) is 0 Å². The summed E-state index contributed by atoms with van der Waals surface area (Å²) in [7, 11) is 0. The molecule has 30 heavy (non-hydrogen) atoms. The van der Waals surface area contributed by atoms with E-state index in [4.69, 9.17) is 0 Å². The molecular formula is C27H44N2O. The molecule has 0 atom stereocenters. The molecule has 0 aliphatic carbocycles. The summed E-state index contributed by atoms with van der Waals surface area (Å²) in [6, 6.07) is 11.0. The van der Waals surface area contributed by atoms with Gasteiger partial charge in [-0.2, -0.15) is 0 Å². The second kappa shape index (κ2) is 16.6. The number of rotatable bonds is 5. The van der Waals surface area contributed by atoms with Crippen LogP contribution >= 0.6 is 0 Å². The van der Waals surface area contributed by atoms with Gasteiger partial charge >= 0.3 is 0 Å². The Bertz CT molecular complexity index is 653. The van der Waals surface area contributed by atoms with Crippen molar-refractivity contribution in [2.45, 2.75) is 73.9 Å². The lowest BCUT2D eigenvalue weighted by molar-refractivity contribution is -0.128. The van der Waals surface area contributed by atoms with E-state index >= 15 is 0 Å². The first-order valence-electron chi connectivity index (χ1n) is 11.8. The number of carbonyl (C=O) groups excluding carboxylic acids is 1. The van der Waals surface area contributed by atoms with E-state index in [2.05, 4.69) is 41.8 Å². The van der Waals surface area contributed by atoms with Crippen LogP contribution in [-0.4, -0.2) is 41.4 Å². The molecule has 0 bridgehead atoms. The molecule has 168 valence electrons. The Kier molecular flexibility index (Phi) is 15.5. The number of hydrogen-bond acceptors (Lipinski definition) is 2. The van der Waals surface area contributed by atoms with E-state index in [1.807, 2.05) is 65.5 Å². The number of piperidine rings is 1. The quantitative estimate of drug-likeness (QED) is 0.542. The normalized spacial score (nSPS) is 16.9. The van der Waals surface area contributed by atoms with E-state index in [0.717, 1.165) is 50.2 Å². The standard InChI is InChI=1S/C21H26N2O.3C2H6/c1-3-8-18-16-23(21(24)20(18)4-2)19-11-13-22(14-12-19)15-17-9-6-5-7-10-17;3*1-2/h3-10,19H,2,11-16H2,1H3;3*1-2H3/b8-3-;;;. The molecule has 1 amide bonds. The SMILES string of the molecule is C=CC1=C(/C=C\C)CN(C2CCN(Cc3ccccc3)CC2)C1=O.CC.CC.CC. The molecule has 1 fully saturated rings. The van der Waals surface area contributed by atoms with E-state index in [1.54, 1.807) is 6.08 Å². The molecule has 2 aliphatic rings. The molecule has 1 aromatic carbocycles. The summed E-state index contributed by atoms with van der Waals surface area (Å²) < 4.78 is 0. The van der Waals surface area contributed by atoms with E-state index in [-0.39, 0.29) is 5.91 Å². The first kappa shape index (κ1) is 27.9. The monoisotopic (exact) mass is 412 g/mol. The lowest BCUT2D eigenvalue weighted by atomic mass is 10.0. The van der Waals surface area contributed by atoms with Gasteiger partial charge in [-0.1, -0.05) is 96.7 Å². The van der Waals surface area contributed by atoms with Crippen LogP contribution in [-0.2, 0) is 11.3 Å². The Morgan fingerprint density at radius 2 is 1.57 bits per heavy atom. The van der Waals surface area contributed by atoms with Crippen molar-refractivity contribution in [3.63, 3.8) is 0 Å². The molecule has 0 radical (unpaired) electrons. The van der Waals surface area contributed by atoms with Gasteiger partial charge < -0.3 is 4.90 Å². The fraction of sp³-hybridized carbons (Fsp3) is 0.519. The molecule has 2 heterocycles. The summed E-state index contributed by atoms with van der Waals surface area (Å²) in [4.78, 5) is 17.2. The molecule has 1 saturated heterocycles. The topological polar surface area (TPSA) is 23.6 Å². The van der Waals surface area contributed by atoms with Crippen molar-refractivity contribution in [2.24, 2.45) is 0 Å². The van der Waals surface area contributed by atoms with Crippen molar-refractivity contribution in [2.75, 3.05) is 19.6 Å². The fourth-order valence-electron chi connectivity index (χ4n) is 3.72. The Labute approximate surface area is 186 Å². The Hall–Kier alpha value is -2.13. The van der Waals surface area contributed by atoms with Gasteiger partial charge in [0.2, 0.25) is 0 Å². The number of amides is 1. The molecule has 2 aliphatic heterocycles. The van der Waals surface area contributed by atoms with Crippen molar-refractivity contribution in [3.05, 3.63) is 71.8 Å².